The van der Waals surface area contributed by atoms with Crippen molar-refractivity contribution in [3.05, 3.63) is 63.8 Å². The summed E-state index contributed by atoms with van der Waals surface area (Å²) in [6.07, 6.45) is 3.50. The van der Waals surface area contributed by atoms with E-state index in [0.717, 1.165) is 11.3 Å². The van der Waals surface area contributed by atoms with Gasteiger partial charge < -0.3 is 10.3 Å². The zero-order chi connectivity index (χ0) is 12.3. The van der Waals surface area contributed by atoms with Crippen molar-refractivity contribution in [2.24, 2.45) is 5.73 Å². The lowest BCUT2D eigenvalue weighted by molar-refractivity contribution is 0.722. The summed E-state index contributed by atoms with van der Waals surface area (Å²) in [6.45, 7) is 2.74. The number of aromatic nitrogens is 2. The monoisotopic (exact) mass is 229 g/mol. The third-order valence-corrected chi connectivity index (χ3v) is 2.76. The minimum absolute atomic E-state index is 0.0416. The Morgan fingerprint density at radius 1 is 1.35 bits per heavy atom. The summed E-state index contributed by atoms with van der Waals surface area (Å²) >= 11 is 0. The summed E-state index contributed by atoms with van der Waals surface area (Å²) in [7, 11) is 0. The standard InChI is InChI=1S/C13H15N3O/c1-10-4-2-6-15-12(10)9-16-7-3-5-11(8-14)13(16)17/h2-7H,8-9,14H2,1H3. The topological polar surface area (TPSA) is 60.9 Å². The van der Waals surface area contributed by atoms with Crippen molar-refractivity contribution in [2.75, 3.05) is 0 Å². The molecular weight excluding hydrogens is 214 g/mol. The van der Waals surface area contributed by atoms with Crippen LogP contribution in [0.3, 0.4) is 0 Å². The molecule has 4 nitrogen and oxygen atoms in total. The Balaban J connectivity index is 2.37. The van der Waals surface area contributed by atoms with Crippen molar-refractivity contribution in [2.45, 2.75) is 20.0 Å². The van der Waals surface area contributed by atoms with Crippen molar-refractivity contribution < 1.29 is 0 Å². The maximum absolute atomic E-state index is 12.0. The van der Waals surface area contributed by atoms with Crippen molar-refractivity contribution in [1.82, 2.24) is 9.55 Å². The average molecular weight is 229 g/mol. The molecule has 2 aromatic rings. The van der Waals surface area contributed by atoms with Gasteiger partial charge in [-0.2, -0.15) is 0 Å². The summed E-state index contributed by atoms with van der Waals surface area (Å²) in [5, 5.41) is 0. The molecule has 0 aromatic carbocycles. The SMILES string of the molecule is Cc1cccnc1Cn1cccc(CN)c1=O. The first-order valence-electron chi connectivity index (χ1n) is 5.51. The molecule has 2 N–H and O–H groups in total. The fourth-order valence-electron chi connectivity index (χ4n) is 1.71. The highest BCUT2D eigenvalue weighted by Gasteiger charge is 2.04. The van der Waals surface area contributed by atoms with Crippen LogP contribution in [0.25, 0.3) is 0 Å². The number of nitrogens with two attached hydrogens (primary N) is 1. The maximum Gasteiger partial charge on any atom is 0.255 e. The van der Waals surface area contributed by atoms with Gasteiger partial charge in [0.05, 0.1) is 12.2 Å². The second-order valence-corrected chi connectivity index (χ2v) is 3.94. The van der Waals surface area contributed by atoms with Gasteiger partial charge in [-0.1, -0.05) is 12.1 Å². The van der Waals surface area contributed by atoms with Crippen molar-refractivity contribution >= 4 is 0 Å². The summed E-state index contributed by atoms with van der Waals surface area (Å²) in [4.78, 5) is 16.3. The van der Waals surface area contributed by atoms with Crippen LogP contribution >= 0.6 is 0 Å². The quantitative estimate of drug-likeness (QED) is 0.856. The molecule has 2 aromatic heterocycles. The van der Waals surface area contributed by atoms with Gasteiger partial charge in [0, 0.05) is 24.5 Å². The molecular formula is C13H15N3O. The van der Waals surface area contributed by atoms with E-state index in [2.05, 4.69) is 4.98 Å². The smallest absolute Gasteiger partial charge is 0.255 e. The van der Waals surface area contributed by atoms with Gasteiger partial charge >= 0.3 is 0 Å². The molecule has 0 saturated carbocycles. The Kier molecular flexibility index (Phi) is 3.35. The van der Waals surface area contributed by atoms with E-state index in [9.17, 15) is 4.79 Å². The van der Waals surface area contributed by atoms with Gasteiger partial charge in [0.2, 0.25) is 0 Å². The van der Waals surface area contributed by atoms with Crippen molar-refractivity contribution in [3.63, 3.8) is 0 Å². The van der Waals surface area contributed by atoms with E-state index in [1.807, 2.05) is 25.1 Å². The van der Waals surface area contributed by atoms with Gasteiger partial charge in [-0.25, -0.2) is 0 Å². The van der Waals surface area contributed by atoms with Crippen LogP contribution in [0.15, 0.2) is 41.5 Å². The predicted molar refractivity (Wildman–Crippen MR) is 66.7 cm³/mol. The normalized spacial score (nSPS) is 10.5. The van der Waals surface area contributed by atoms with E-state index in [1.165, 1.54) is 0 Å². The second-order valence-electron chi connectivity index (χ2n) is 3.94. The van der Waals surface area contributed by atoms with Gasteiger partial charge in [-0.15, -0.1) is 0 Å². The number of pyridine rings is 2. The number of hydrogen-bond donors (Lipinski definition) is 1. The van der Waals surface area contributed by atoms with E-state index < -0.39 is 0 Å². The zero-order valence-electron chi connectivity index (χ0n) is 9.76. The Morgan fingerprint density at radius 3 is 2.88 bits per heavy atom. The molecule has 17 heavy (non-hydrogen) atoms. The number of rotatable bonds is 3. The molecule has 88 valence electrons. The van der Waals surface area contributed by atoms with E-state index >= 15 is 0 Å². The molecule has 0 radical (unpaired) electrons. The molecule has 0 bridgehead atoms. The van der Waals surface area contributed by atoms with Crippen LogP contribution in [0.2, 0.25) is 0 Å². The number of nitrogens with zero attached hydrogens (tertiary/aromatic N) is 2. The van der Waals surface area contributed by atoms with Crippen LogP contribution in [0.1, 0.15) is 16.8 Å². The fourth-order valence-corrected chi connectivity index (χ4v) is 1.71. The lowest BCUT2D eigenvalue weighted by Crippen LogP contribution is -2.25. The lowest BCUT2D eigenvalue weighted by atomic mass is 10.2. The summed E-state index contributed by atoms with van der Waals surface area (Å²) in [5.41, 5.74) is 8.09. The van der Waals surface area contributed by atoms with E-state index in [0.29, 0.717) is 12.1 Å². The third kappa shape index (κ3) is 2.42. The molecule has 0 saturated heterocycles. The largest absolute Gasteiger partial charge is 0.326 e. The van der Waals surface area contributed by atoms with Crippen molar-refractivity contribution in [1.29, 1.82) is 0 Å². The maximum atomic E-state index is 12.0. The molecule has 2 rings (SSSR count). The minimum Gasteiger partial charge on any atom is -0.326 e. The third-order valence-electron chi connectivity index (χ3n) is 2.76. The molecule has 0 atom stereocenters. The van der Waals surface area contributed by atoms with Gasteiger partial charge in [0.1, 0.15) is 0 Å². The zero-order valence-corrected chi connectivity index (χ0v) is 9.76. The average Bonchev–Trinajstić information content (AvgIpc) is 2.34. The summed E-state index contributed by atoms with van der Waals surface area (Å²) in [5.74, 6) is 0. The lowest BCUT2D eigenvalue weighted by Gasteiger charge is -2.08. The molecule has 0 aliphatic heterocycles. The molecule has 0 amide bonds. The summed E-state index contributed by atoms with van der Waals surface area (Å²) < 4.78 is 1.64. The molecule has 0 unspecified atom stereocenters. The van der Waals surface area contributed by atoms with E-state index in [4.69, 9.17) is 5.73 Å². The Labute approximate surface area is 99.7 Å². The van der Waals surface area contributed by atoms with Crippen LogP contribution in [0.5, 0.6) is 0 Å². The van der Waals surface area contributed by atoms with Crippen LogP contribution in [-0.2, 0) is 13.1 Å². The highest BCUT2D eigenvalue weighted by Crippen LogP contribution is 2.04. The Hall–Kier alpha value is -1.94. The van der Waals surface area contributed by atoms with Gasteiger partial charge in [0.15, 0.2) is 0 Å². The van der Waals surface area contributed by atoms with Crippen LogP contribution in [0.4, 0.5) is 0 Å². The first-order valence-corrected chi connectivity index (χ1v) is 5.51. The molecule has 0 aliphatic carbocycles. The first kappa shape index (κ1) is 11.5. The van der Waals surface area contributed by atoms with Gasteiger partial charge in [-0.05, 0) is 24.6 Å². The van der Waals surface area contributed by atoms with Crippen molar-refractivity contribution in [3.8, 4) is 0 Å². The Morgan fingerprint density at radius 2 is 2.18 bits per heavy atom. The first-order chi connectivity index (χ1) is 8.22. The number of aryl methyl sites for hydroxylation is 1. The fraction of sp³-hybridized carbons (Fsp3) is 0.231. The van der Waals surface area contributed by atoms with Gasteiger partial charge in [-0.3, -0.25) is 9.78 Å². The van der Waals surface area contributed by atoms with E-state index in [1.54, 1.807) is 23.0 Å². The van der Waals surface area contributed by atoms with Crippen LogP contribution in [0, 0.1) is 6.92 Å². The van der Waals surface area contributed by atoms with E-state index in [-0.39, 0.29) is 12.1 Å². The molecule has 4 heteroatoms. The highest BCUT2D eigenvalue weighted by atomic mass is 16.1. The second kappa shape index (κ2) is 4.93. The highest BCUT2D eigenvalue weighted by molar-refractivity contribution is 5.19. The number of hydrogen-bond acceptors (Lipinski definition) is 3. The molecule has 2 heterocycles. The summed E-state index contributed by atoms with van der Waals surface area (Å²) in [6, 6.07) is 7.46. The minimum atomic E-state index is -0.0416. The van der Waals surface area contributed by atoms with Crippen LogP contribution < -0.4 is 11.3 Å². The molecule has 0 aliphatic rings. The molecule has 0 fully saturated rings. The van der Waals surface area contributed by atoms with Crippen LogP contribution in [-0.4, -0.2) is 9.55 Å². The predicted octanol–water partition coefficient (Wildman–Crippen LogP) is 1.06. The molecule has 0 spiro atoms. The Bertz CT molecular complexity index is 575. The van der Waals surface area contributed by atoms with Gasteiger partial charge in [0.25, 0.3) is 5.56 Å².